The van der Waals surface area contributed by atoms with E-state index in [4.69, 9.17) is 17.1 Å². The highest BCUT2D eigenvalue weighted by Crippen LogP contribution is 2.40. The van der Waals surface area contributed by atoms with Crippen molar-refractivity contribution in [3.05, 3.63) is 35.9 Å². The molecular weight excluding hydrogens is 304 g/mol. The van der Waals surface area contributed by atoms with Gasteiger partial charge in [-0.15, -0.1) is 0 Å². The quantitative estimate of drug-likeness (QED) is 0.781. The van der Waals surface area contributed by atoms with E-state index >= 15 is 0 Å². The van der Waals surface area contributed by atoms with Crippen molar-refractivity contribution in [3.8, 4) is 0 Å². The molecule has 112 valence electrons. The van der Waals surface area contributed by atoms with Crippen LogP contribution in [0, 0.1) is 5.92 Å². The van der Waals surface area contributed by atoms with Gasteiger partial charge in [0.25, 0.3) is 0 Å². The summed E-state index contributed by atoms with van der Waals surface area (Å²) in [6, 6.07) is 9.97. The van der Waals surface area contributed by atoms with Crippen molar-refractivity contribution in [1.82, 2.24) is 9.96 Å². The van der Waals surface area contributed by atoms with Crippen LogP contribution in [-0.2, 0) is 9.63 Å². The molecule has 1 aromatic rings. The average molecular weight is 322 g/mol. The molecule has 0 unspecified atom stereocenters. The first-order valence-electron chi connectivity index (χ1n) is 7.02. The lowest BCUT2D eigenvalue weighted by Crippen LogP contribution is -2.41. The van der Waals surface area contributed by atoms with Crippen molar-refractivity contribution >= 4 is 34.2 Å². The maximum Gasteiger partial charge on any atom is 0.235 e. The second kappa shape index (κ2) is 6.04. The minimum atomic E-state index is -0.228. The molecule has 2 aliphatic heterocycles. The zero-order valence-electron chi connectivity index (χ0n) is 12.1. The predicted octanol–water partition coefficient (Wildman–Crippen LogP) is 2.47. The minimum absolute atomic E-state index is 0.0675. The summed E-state index contributed by atoms with van der Waals surface area (Å²) in [6.07, 6.45) is -0.152. The Morgan fingerprint density at radius 3 is 2.71 bits per heavy atom. The first kappa shape index (κ1) is 15.0. The summed E-state index contributed by atoms with van der Waals surface area (Å²) in [5.74, 6) is 0.739. The van der Waals surface area contributed by atoms with Gasteiger partial charge in [0.2, 0.25) is 5.91 Å². The summed E-state index contributed by atoms with van der Waals surface area (Å²) >= 11 is 6.86. The van der Waals surface area contributed by atoms with Crippen LogP contribution in [0.2, 0.25) is 0 Å². The Bertz CT molecular complexity index is 552. The number of carbonyl (C=O) groups excluding carboxylic acids is 1. The molecule has 0 bridgehead atoms. The zero-order chi connectivity index (χ0) is 15.0. The van der Waals surface area contributed by atoms with Gasteiger partial charge >= 0.3 is 0 Å². The monoisotopic (exact) mass is 322 g/mol. The number of thioether (sulfide) groups is 1. The van der Waals surface area contributed by atoms with Crippen molar-refractivity contribution < 1.29 is 9.63 Å². The summed E-state index contributed by atoms with van der Waals surface area (Å²) in [5.41, 5.74) is 1.10. The molecule has 0 aliphatic carbocycles. The molecule has 0 radical (unpaired) electrons. The Labute approximate surface area is 134 Å². The number of carbonyl (C=O) groups is 1. The van der Waals surface area contributed by atoms with Crippen LogP contribution in [0.3, 0.4) is 0 Å². The van der Waals surface area contributed by atoms with Gasteiger partial charge in [-0.1, -0.05) is 54.3 Å². The molecule has 3 rings (SSSR count). The van der Waals surface area contributed by atoms with Gasteiger partial charge in [-0.3, -0.25) is 14.5 Å². The summed E-state index contributed by atoms with van der Waals surface area (Å²) in [7, 11) is 1.89. The normalized spacial score (nSPS) is 30.1. The number of amides is 1. The molecule has 0 saturated carbocycles. The lowest BCUT2D eigenvalue weighted by molar-refractivity contribution is -0.141. The third kappa shape index (κ3) is 2.73. The van der Waals surface area contributed by atoms with Crippen molar-refractivity contribution in [2.24, 2.45) is 5.92 Å². The van der Waals surface area contributed by atoms with E-state index in [1.54, 1.807) is 21.7 Å². The highest BCUT2D eigenvalue weighted by molar-refractivity contribution is 8.23. The Morgan fingerprint density at radius 1 is 1.38 bits per heavy atom. The molecule has 2 aliphatic rings. The second-order valence-corrected chi connectivity index (χ2v) is 7.07. The molecule has 0 N–H and O–H groups in total. The molecule has 21 heavy (non-hydrogen) atoms. The molecule has 0 spiro atoms. The van der Waals surface area contributed by atoms with Crippen LogP contribution in [0.15, 0.2) is 30.3 Å². The van der Waals surface area contributed by atoms with Crippen molar-refractivity contribution in [2.75, 3.05) is 19.3 Å². The summed E-state index contributed by atoms with van der Waals surface area (Å²) < 4.78 is 0.688. The highest BCUT2D eigenvalue weighted by atomic mass is 32.2. The van der Waals surface area contributed by atoms with Gasteiger partial charge in [0.05, 0.1) is 18.1 Å². The van der Waals surface area contributed by atoms with Crippen molar-refractivity contribution in [3.63, 3.8) is 0 Å². The van der Waals surface area contributed by atoms with E-state index in [0.29, 0.717) is 10.9 Å². The topological polar surface area (TPSA) is 32.8 Å². The van der Waals surface area contributed by atoms with Gasteiger partial charge < -0.3 is 0 Å². The molecule has 2 saturated heterocycles. The van der Waals surface area contributed by atoms with Gasteiger partial charge in [-0.2, -0.15) is 5.06 Å². The van der Waals surface area contributed by atoms with Crippen molar-refractivity contribution in [1.29, 1.82) is 0 Å². The van der Waals surface area contributed by atoms with Crippen molar-refractivity contribution in [2.45, 2.75) is 19.1 Å². The number of nitrogens with zero attached hydrogens (tertiary/aromatic N) is 2. The standard InChI is InChI=1S/C15H18N2O2S2/c1-10-12(14(18)17-8-9-21-15(17)20)13(16(2)19-10)11-6-4-3-5-7-11/h3-7,10,12-13H,8-9H2,1-2H3/t10-,12-,13+/m0/s1. The SMILES string of the molecule is C[C@@H]1ON(C)[C@H](c2ccccc2)[C@H]1C(=O)N1CCSC1=S. The third-order valence-electron chi connectivity index (χ3n) is 4.02. The van der Waals surface area contributed by atoms with Gasteiger partial charge in [-0.25, -0.2) is 0 Å². The lowest BCUT2D eigenvalue weighted by Gasteiger charge is -2.26. The molecular formula is C15H18N2O2S2. The molecule has 2 heterocycles. The largest absolute Gasteiger partial charge is 0.297 e. The summed E-state index contributed by atoms with van der Waals surface area (Å²) in [6.45, 7) is 2.66. The van der Waals surface area contributed by atoms with E-state index in [9.17, 15) is 4.79 Å². The Morgan fingerprint density at radius 2 is 2.10 bits per heavy atom. The van der Waals surface area contributed by atoms with Crippen LogP contribution in [0.1, 0.15) is 18.5 Å². The lowest BCUT2D eigenvalue weighted by atomic mass is 9.89. The van der Waals surface area contributed by atoms with Crippen LogP contribution >= 0.6 is 24.0 Å². The zero-order valence-corrected chi connectivity index (χ0v) is 13.7. The predicted molar refractivity (Wildman–Crippen MR) is 87.8 cm³/mol. The summed E-state index contributed by atoms with van der Waals surface area (Å²) in [5, 5.41) is 1.80. The molecule has 1 aromatic carbocycles. The minimum Gasteiger partial charge on any atom is -0.297 e. The van der Waals surface area contributed by atoms with Gasteiger partial charge in [0, 0.05) is 19.3 Å². The Hall–Kier alpha value is -0.950. The third-order valence-corrected chi connectivity index (χ3v) is 5.45. The molecule has 2 fully saturated rings. The highest BCUT2D eigenvalue weighted by Gasteiger charge is 2.47. The number of rotatable bonds is 2. The first-order valence-corrected chi connectivity index (χ1v) is 8.41. The smallest absolute Gasteiger partial charge is 0.235 e. The van der Waals surface area contributed by atoms with Crippen LogP contribution in [0.5, 0.6) is 0 Å². The number of thiocarbonyl (C=S) groups is 1. The van der Waals surface area contributed by atoms with Crippen LogP contribution in [0.4, 0.5) is 0 Å². The summed E-state index contributed by atoms with van der Waals surface area (Å²) in [4.78, 5) is 20.4. The van der Waals surface area contributed by atoms with Crippen LogP contribution in [-0.4, -0.2) is 45.6 Å². The molecule has 4 nitrogen and oxygen atoms in total. The van der Waals surface area contributed by atoms with Gasteiger partial charge in [-0.05, 0) is 12.5 Å². The van der Waals surface area contributed by atoms with E-state index < -0.39 is 0 Å². The number of benzene rings is 1. The number of hydroxylamine groups is 2. The van der Waals surface area contributed by atoms with Crippen LogP contribution < -0.4 is 0 Å². The van der Waals surface area contributed by atoms with E-state index in [1.165, 1.54) is 0 Å². The second-order valence-electron chi connectivity index (χ2n) is 5.34. The van der Waals surface area contributed by atoms with E-state index in [1.807, 2.05) is 44.3 Å². The fourth-order valence-electron chi connectivity index (χ4n) is 3.05. The first-order chi connectivity index (χ1) is 10.1. The molecule has 6 heteroatoms. The molecule has 3 atom stereocenters. The maximum absolute atomic E-state index is 12.9. The van der Waals surface area contributed by atoms with Crippen LogP contribution in [0.25, 0.3) is 0 Å². The molecule has 1 amide bonds. The fourth-order valence-corrected chi connectivity index (χ4v) is 4.27. The number of hydrogen-bond donors (Lipinski definition) is 0. The van der Waals surface area contributed by atoms with E-state index in [0.717, 1.165) is 11.3 Å². The van der Waals surface area contributed by atoms with E-state index in [2.05, 4.69) is 0 Å². The number of hydrogen-bond acceptors (Lipinski definition) is 5. The Kier molecular flexibility index (Phi) is 4.31. The van der Waals surface area contributed by atoms with Gasteiger partial charge in [0.1, 0.15) is 4.32 Å². The average Bonchev–Trinajstić information content (AvgIpc) is 3.02. The molecule has 0 aromatic heterocycles. The fraction of sp³-hybridized carbons (Fsp3) is 0.467. The van der Waals surface area contributed by atoms with E-state index in [-0.39, 0.29) is 24.0 Å². The van der Waals surface area contributed by atoms with Gasteiger partial charge in [0.15, 0.2) is 0 Å². The maximum atomic E-state index is 12.9. The Balaban J connectivity index is 1.90.